The van der Waals surface area contributed by atoms with Gasteiger partial charge < -0.3 is 14.8 Å². The van der Waals surface area contributed by atoms with Gasteiger partial charge in [0.1, 0.15) is 12.4 Å². The van der Waals surface area contributed by atoms with Crippen molar-refractivity contribution in [1.29, 1.82) is 0 Å². The summed E-state index contributed by atoms with van der Waals surface area (Å²) in [7, 11) is 0. The summed E-state index contributed by atoms with van der Waals surface area (Å²) in [5.41, 5.74) is -0.720. The minimum atomic E-state index is -4.35. The molecule has 1 N–H and O–H groups in total. The van der Waals surface area contributed by atoms with Crippen LogP contribution in [-0.4, -0.2) is 32.3 Å². The number of nitrogens with one attached hydrogen (secondary N) is 1. The smallest absolute Gasteiger partial charge is 0.416 e. The van der Waals surface area contributed by atoms with Gasteiger partial charge in [-0.1, -0.05) is 0 Å². The Balaban J connectivity index is 2.18. The van der Waals surface area contributed by atoms with Crippen molar-refractivity contribution in [3.05, 3.63) is 29.8 Å². The van der Waals surface area contributed by atoms with Crippen molar-refractivity contribution in [2.45, 2.75) is 25.9 Å². The number of halogens is 3. The van der Waals surface area contributed by atoms with E-state index in [2.05, 4.69) is 5.32 Å². The summed E-state index contributed by atoms with van der Waals surface area (Å²) < 4.78 is 47.5. The summed E-state index contributed by atoms with van der Waals surface area (Å²) in [6.07, 6.45) is -3.33. The van der Waals surface area contributed by atoms with Crippen molar-refractivity contribution >= 4 is 5.91 Å². The van der Waals surface area contributed by atoms with E-state index in [0.29, 0.717) is 38.3 Å². The maximum atomic E-state index is 12.4. The van der Waals surface area contributed by atoms with Gasteiger partial charge >= 0.3 is 6.18 Å². The predicted octanol–water partition coefficient (Wildman–Crippen LogP) is 3.02. The van der Waals surface area contributed by atoms with Crippen molar-refractivity contribution < 1.29 is 27.4 Å². The Bertz CT molecular complexity index is 446. The van der Waals surface area contributed by atoms with Gasteiger partial charge in [0.15, 0.2) is 0 Å². The standard InChI is InChI=1S/C15H20F3NO3/c1-2-21-10-3-4-14(20)19-9-11-22-13-7-5-12(6-8-13)15(16,17)18/h5-8H,2-4,9-11H2,1H3,(H,19,20). The molecule has 7 heteroatoms. The van der Waals surface area contributed by atoms with Crippen LogP contribution in [0, 0.1) is 0 Å². The third-order valence-electron chi connectivity index (χ3n) is 2.77. The number of hydrogen-bond donors (Lipinski definition) is 1. The highest BCUT2D eigenvalue weighted by Crippen LogP contribution is 2.30. The molecule has 0 saturated carbocycles. The number of alkyl halides is 3. The van der Waals surface area contributed by atoms with Gasteiger partial charge in [-0.15, -0.1) is 0 Å². The molecule has 0 aliphatic rings. The fraction of sp³-hybridized carbons (Fsp3) is 0.533. The SMILES string of the molecule is CCOCCCC(=O)NCCOc1ccc(C(F)(F)F)cc1. The fourth-order valence-corrected chi connectivity index (χ4v) is 1.67. The summed E-state index contributed by atoms with van der Waals surface area (Å²) in [6.45, 7) is 3.56. The van der Waals surface area contributed by atoms with E-state index in [4.69, 9.17) is 9.47 Å². The first-order valence-electron chi connectivity index (χ1n) is 7.08. The molecule has 0 saturated heterocycles. The molecule has 0 aromatic heterocycles. The zero-order chi connectivity index (χ0) is 16.4. The average Bonchev–Trinajstić information content (AvgIpc) is 2.48. The largest absolute Gasteiger partial charge is 0.492 e. The lowest BCUT2D eigenvalue weighted by molar-refractivity contribution is -0.137. The zero-order valence-electron chi connectivity index (χ0n) is 12.4. The van der Waals surface area contributed by atoms with Crippen LogP contribution in [-0.2, 0) is 15.7 Å². The molecule has 22 heavy (non-hydrogen) atoms. The number of rotatable bonds is 9. The first-order chi connectivity index (χ1) is 10.4. The maximum absolute atomic E-state index is 12.4. The third-order valence-corrected chi connectivity index (χ3v) is 2.77. The fourth-order valence-electron chi connectivity index (χ4n) is 1.67. The molecule has 0 fully saturated rings. The summed E-state index contributed by atoms with van der Waals surface area (Å²) in [5, 5.41) is 2.67. The van der Waals surface area contributed by atoms with Crippen LogP contribution in [0.1, 0.15) is 25.3 Å². The molecule has 0 heterocycles. The van der Waals surface area contributed by atoms with Crippen LogP contribution in [0.4, 0.5) is 13.2 Å². The molecule has 0 aliphatic carbocycles. The van der Waals surface area contributed by atoms with Gasteiger partial charge in [0.25, 0.3) is 0 Å². The second-order valence-corrected chi connectivity index (χ2v) is 4.52. The highest BCUT2D eigenvalue weighted by Gasteiger charge is 2.29. The molecular weight excluding hydrogens is 299 g/mol. The molecule has 124 valence electrons. The lowest BCUT2D eigenvalue weighted by Crippen LogP contribution is -2.28. The Morgan fingerprint density at radius 2 is 1.86 bits per heavy atom. The Morgan fingerprint density at radius 1 is 1.18 bits per heavy atom. The number of benzene rings is 1. The van der Waals surface area contributed by atoms with Gasteiger partial charge in [-0.05, 0) is 37.6 Å². The normalized spacial score (nSPS) is 11.3. The van der Waals surface area contributed by atoms with Gasteiger partial charge in [-0.25, -0.2) is 0 Å². The quantitative estimate of drug-likeness (QED) is 0.712. The van der Waals surface area contributed by atoms with Gasteiger partial charge in [0.2, 0.25) is 5.91 Å². The lowest BCUT2D eigenvalue weighted by Gasteiger charge is -2.10. The van der Waals surface area contributed by atoms with Gasteiger partial charge in [0, 0.05) is 19.6 Å². The van der Waals surface area contributed by atoms with Crippen LogP contribution >= 0.6 is 0 Å². The van der Waals surface area contributed by atoms with E-state index in [-0.39, 0.29) is 12.5 Å². The second kappa shape index (κ2) is 9.30. The average molecular weight is 319 g/mol. The minimum absolute atomic E-state index is 0.101. The first-order valence-corrected chi connectivity index (χ1v) is 7.08. The van der Waals surface area contributed by atoms with Gasteiger partial charge in [-0.2, -0.15) is 13.2 Å². The molecule has 1 aromatic carbocycles. The van der Waals surface area contributed by atoms with Crippen molar-refractivity contribution in [2.75, 3.05) is 26.4 Å². The molecule has 0 spiro atoms. The Morgan fingerprint density at radius 3 is 2.45 bits per heavy atom. The van der Waals surface area contributed by atoms with Crippen LogP contribution in [0.3, 0.4) is 0 Å². The molecule has 1 rings (SSSR count). The third kappa shape index (κ3) is 7.31. The molecule has 0 bridgehead atoms. The lowest BCUT2D eigenvalue weighted by atomic mass is 10.2. The number of carbonyl (C=O) groups is 1. The van der Waals surface area contributed by atoms with E-state index in [1.165, 1.54) is 12.1 Å². The predicted molar refractivity (Wildman–Crippen MR) is 75.7 cm³/mol. The molecule has 0 aliphatic heterocycles. The zero-order valence-corrected chi connectivity index (χ0v) is 12.4. The Kier molecular flexibility index (Phi) is 7.73. The van der Waals surface area contributed by atoms with E-state index < -0.39 is 11.7 Å². The van der Waals surface area contributed by atoms with Gasteiger partial charge in [-0.3, -0.25) is 4.79 Å². The summed E-state index contributed by atoms with van der Waals surface area (Å²) in [6, 6.07) is 4.43. The van der Waals surface area contributed by atoms with E-state index in [0.717, 1.165) is 12.1 Å². The highest BCUT2D eigenvalue weighted by atomic mass is 19.4. The molecule has 1 aromatic rings. The minimum Gasteiger partial charge on any atom is -0.492 e. The Labute approximate surface area is 127 Å². The van der Waals surface area contributed by atoms with Crippen molar-refractivity contribution in [3.63, 3.8) is 0 Å². The van der Waals surface area contributed by atoms with Crippen LogP contribution in [0.25, 0.3) is 0 Å². The van der Waals surface area contributed by atoms with Crippen LogP contribution in [0.5, 0.6) is 5.75 Å². The molecular formula is C15H20F3NO3. The van der Waals surface area contributed by atoms with E-state index in [1.807, 2.05) is 6.92 Å². The molecule has 0 atom stereocenters. The van der Waals surface area contributed by atoms with Crippen LogP contribution in [0.2, 0.25) is 0 Å². The second-order valence-electron chi connectivity index (χ2n) is 4.52. The summed E-state index contributed by atoms with van der Waals surface area (Å²) >= 11 is 0. The molecule has 1 amide bonds. The van der Waals surface area contributed by atoms with Crippen molar-refractivity contribution in [1.82, 2.24) is 5.32 Å². The first kappa shape index (κ1) is 18.3. The van der Waals surface area contributed by atoms with Crippen LogP contribution in [0.15, 0.2) is 24.3 Å². The topological polar surface area (TPSA) is 47.6 Å². The number of ether oxygens (including phenoxy) is 2. The maximum Gasteiger partial charge on any atom is 0.416 e. The highest BCUT2D eigenvalue weighted by molar-refractivity contribution is 5.75. The number of carbonyl (C=O) groups excluding carboxylic acids is 1. The Hall–Kier alpha value is -1.76. The molecule has 4 nitrogen and oxygen atoms in total. The van der Waals surface area contributed by atoms with Crippen molar-refractivity contribution in [2.24, 2.45) is 0 Å². The van der Waals surface area contributed by atoms with E-state index >= 15 is 0 Å². The van der Waals surface area contributed by atoms with E-state index in [9.17, 15) is 18.0 Å². The molecule has 0 radical (unpaired) electrons. The molecule has 0 unspecified atom stereocenters. The van der Waals surface area contributed by atoms with E-state index in [1.54, 1.807) is 0 Å². The monoisotopic (exact) mass is 319 g/mol. The van der Waals surface area contributed by atoms with Crippen LogP contribution < -0.4 is 10.1 Å². The van der Waals surface area contributed by atoms with Gasteiger partial charge in [0.05, 0.1) is 12.1 Å². The number of hydrogen-bond acceptors (Lipinski definition) is 3. The van der Waals surface area contributed by atoms with Crippen molar-refractivity contribution in [3.8, 4) is 5.75 Å². The number of amides is 1. The summed E-state index contributed by atoms with van der Waals surface area (Å²) in [5.74, 6) is 0.231. The summed E-state index contributed by atoms with van der Waals surface area (Å²) in [4.78, 5) is 11.4.